The van der Waals surface area contributed by atoms with Crippen LogP contribution in [0.4, 0.5) is 0 Å². The normalized spacial score (nSPS) is 23.7. The molecule has 4 rings (SSSR count). The molecule has 0 aromatic carbocycles. The van der Waals surface area contributed by atoms with Gasteiger partial charge in [0.05, 0.1) is 18.4 Å². The number of piperidine rings is 1. The Morgan fingerprint density at radius 3 is 2.86 bits per heavy atom. The summed E-state index contributed by atoms with van der Waals surface area (Å²) in [4.78, 5) is 35.0. The molecular formula is C22H30N4O2. The number of carbonyl (C=O) groups excluding carboxylic acids is 1. The van der Waals surface area contributed by atoms with Crippen molar-refractivity contribution in [3.8, 4) is 0 Å². The predicted octanol–water partition coefficient (Wildman–Crippen LogP) is 3.05. The van der Waals surface area contributed by atoms with Crippen LogP contribution in [0.2, 0.25) is 0 Å². The lowest BCUT2D eigenvalue weighted by atomic mass is 9.76. The van der Waals surface area contributed by atoms with Crippen molar-refractivity contribution in [1.29, 1.82) is 0 Å². The molecule has 2 bridgehead atoms. The molecule has 0 saturated carbocycles. The number of aromatic nitrogens is 3. The molecule has 1 fully saturated rings. The average Bonchev–Trinajstić information content (AvgIpc) is 3.06. The molecule has 6 nitrogen and oxygen atoms in total. The number of fused-ring (bicyclic) bond motifs is 4. The van der Waals surface area contributed by atoms with Gasteiger partial charge in [0.2, 0.25) is 5.91 Å². The summed E-state index contributed by atoms with van der Waals surface area (Å²) in [5.41, 5.74) is 2.99. The summed E-state index contributed by atoms with van der Waals surface area (Å²) >= 11 is 0. The number of nitrogens with one attached hydrogen (secondary N) is 1. The Bertz CT molecular complexity index is 913. The Labute approximate surface area is 166 Å². The first-order valence-electron chi connectivity index (χ1n) is 10.4. The van der Waals surface area contributed by atoms with Gasteiger partial charge >= 0.3 is 0 Å². The number of rotatable bonds is 5. The molecule has 1 saturated heterocycles. The number of aromatic amines is 1. The topological polar surface area (TPSA) is 71.0 Å². The molecular weight excluding hydrogens is 352 g/mol. The van der Waals surface area contributed by atoms with Gasteiger partial charge in [-0.1, -0.05) is 19.9 Å². The Balaban J connectivity index is 1.60. The maximum absolute atomic E-state index is 13.0. The number of carbonyl (C=O) groups is 1. The Morgan fingerprint density at radius 2 is 2.14 bits per heavy atom. The number of imidazole rings is 1. The Morgan fingerprint density at radius 1 is 1.32 bits per heavy atom. The van der Waals surface area contributed by atoms with Crippen LogP contribution in [-0.4, -0.2) is 38.4 Å². The zero-order chi connectivity index (χ0) is 19.8. The molecule has 28 heavy (non-hydrogen) atoms. The van der Waals surface area contributed by atoms with Crippen LogP contribution in [0.1, 0.15) is 62.2 Å². The molecule has 4 heterocycles. The van der Waals surface area contributed by atoms with Crippen LogP contribution in [0.3, 0.4) is 0 Å². The monoisotopic (exact) mass is 382 g/mol. The third kappa shape index (κ3) is 3.52. The number of hydrogen-bond acceptors (Lipinski definition) is 3. The first-order valence-corrected chi connectivity index (χ1v) is 10.4. The summed E-state index contributed by atoms with van der Waals surface area (Å²) in [7, 11) is 0. The third-order valence-corrected chi connectivity index (χ3v) is 6.44. The number of likely N-dealkylation sites (tertiary alicyclic amines) is 1. The predicted molar refractivity (Wildman–Crippen MR) is 108 cm³/mol. The van der Waals surface area contributed by atoms with Gasteiger partial charge < -0.3 is 14.5 Å². The van der Waals surface area contributed by atoms with Crippen molar-refractivity contribution in [3.63, 3.8) is 0 Å². The molecule has 0 radical (unpaired) electrons. The van der Waals surface area contributed by atoms with Crippen molar-refractivity contribution in [1.82, 2.24) is 19.4 Å². The standard InChI is InChI=1S/C22H30N4O2/c1-14(2)7-8-20-17-9-16(19-5-4-6-21(27)26(19)20)11-25(12-17)22(28)10-18-15(3)23-13-24-18/h4-6,13-14,16-17,20H,7-12H2,1-3H3,(H,23,24)/t16-,17+,20+/m1/s1. The zero-order valence-electron chi connectivity index (χ0n) is 17.0. The van der Waals surface area contributed by atoms with Gasteiger partial charge in [-0.25, -0.2) is 4.98 Å². The number of H-pyrrole nitrogens is 1. The average molecular weight is 383 g/mol. The largest absolute Gasteiger partial charge is 0.348 e. The molecule has 1 amide bonds. The van der Waals surface area contributed by atoms with Gasteiger partial charge in [0.1, 0.15) is 0 Å². The summed E-state index contributed by atoms with van der Waals surface area (Å²) in [6.45, 7) is 7.83. The molecule has 1 N–H and O–H groups in total. The highest BCUT2D eigenvalue weighted by Gasteiger charge is 2.41. The molecule has 150 valence electrons. The first-order chi connectivity index (χ1) is 13.4. The van der Waals surface area contributed by atoms with Crippen molar-refractivity contribution in [2.75, 3.05) is 13.1 Å². The zero-order valence-corrected chi connectivity index (χ0v) is 17.0. The van der Waals surface area contributed by atoms with E-state index in [4.69, 9.17) is 0 Å². The van der Waals surface area contributed by atoms with Crippen molar-refractivity contribution in [3.05, 3.63) is 52.0 Å². The Kier molecular flexibility index (Phi) is 5.13. The second-order valence-corrected chi connectivity index (χ2v) is 8.84. The number of amides is 1. The number of aryl methyl sites for hydroxylation is 1. The third-order valence-electron chi connectivity index (χ3n) is 6.44. The van der Waals surface area contributed by atoms with Crippen LogP contribution in [0, 0.1) is 18.8 Å². The minimum absolute atomic E-state index is 0.105. The van der Waals surface area contributed by atoms with E-state index in [1.165, 1.54) is 0 Å². The lowest BCUT2D eigenvalue weighted by Crippen LogP contribution is -2.51. The Hall–Kier alpha value is -2.37. The van der Waals surface area contributed by atoms with E-state index in [-0.39, 0.29) is 23.4 Å². The number of pyridine rings is 1. The van der Waals surface area contributed by atoms with E-state index in [9.17, 15) is 9.59 Å². The van der Waals surface area contributed by atoms with Gasteiger partial charge in [-0.05, 0) is 44.1 Å². The van der Waals surface area contributed by atoms with Gasteiger partial charge in [0, 0.05) is 42.5 Å². The second-order valence-electron chi connectivity index (χ2n) is 8.84. The van der Waals surface area contributed by atoms with Crippen LogP contribution in [0.25, 0.3) is 0 Å². The summed E-state index contributed by atoms with van der Waals surface area (Å²) in [6.07, 6.45) is 5.14. The highest BCUT2D eigenvalue weighted by Crippen LogP contribution is 2.43. The van der Waals surface area contributed by atoms with Crippen molar-refractivity contribution in [2.45, 2.75) is 58.4 Å². The number of nitrogens with zero attached hydrogens (tertiary/aromatic N) is 3. The van der Waals surface area contributed by atoms with E-state index in [0.29, 0.717) is 24.8 Å². The van der Waals surface area contributed by atoms with Crippen molar-refractivity contribution < 1.29 is 4.79 Å². The van der Waals surface area contributed by atoms with E-state index < -0.39 is 0 Å². The van der Waals surface area contributed by atoms with Crippen molar-refractivity contribution in [2.24, 2.45) is 11.8 Å². The molecule has 2 aromatic heterocycles. The molecule has 2 aliphatic rings. The minimum atomic E-state index is 0.105. The van der Waals surface area contributed by atoms with Crippen LogP contribution in [0.5, 0.6) is 0 Å². The molecule has 3 atom stereocenters. The van der Waals surface area contributed by atoms with Gasteiger partial charge in [0.15, 0.2) is 0 Å². The van der Waals surface area contributed by atoms with Crippen LogP contribution in [0.15, 0.2) is 29.3 Å². The van der Waals surface area contributed by atoms with E-state index in [0.717, 1.165) is 42.9 Å². The molecule has 0 spiro atoms. The number of hydrogen-bond donors (Lipinski definition) is 1. The van der Waals surface area contributed by atoms with E-state index >= 15 is 0 Å². The molecule has 2 aromatic rings. The maximum atomic E-state index is 13.0. The van der Waals surface area contributed by atoms with Gasteiger partial charge in [-0.15, -0.1) is 0 Å². The summed E-state index contributed by atoms with van der Waals surface area (Å²) in [6, 6.07) is 5.80. The highest BCUT2D eigenvalue weighted by atomic mass is 16.2. The van der Waals surface area contributed by atoms with Gasteiger partial charge in [0.25, 0.3) is 5.56 Å². The van der Waals surface area contributed by atoms with Gasteiger partial charge in [-0.3, -0.25) is 9.59 Å². The quantitative estimate of drug-likeness (QED) is 0.864. The molecule has 6 heteroatoms. The van der Waals surface area contributed by atoms with E-state index in [2.05, 4.69) is 29.9 Å². The summed E-state index contributed by atoms with van der Waals surface area (Å²) in [5, 5.41) is 0. The lowest BCUT2D eigenvalue weighted by molar-refractivity contribution is -0.133. The lowest BCUT2D eigenvalue weighted by Gasteiger charge is -2.47. The summed E-state index contributed by atoms with van der Waals surface area (Å²) in [5.74, 6) is 1.32. The molecule has 0 unspecified atom stereocenters. The summed E-state index contributed by atoms with van der Waals surface area (Å²) < 4.78 is 2.04. The SMILES string of the molecule is Cc1[nH]cnc1CC(=O)N1C[C@H]2C[C@@H](C1)[C@H](CCC(C)C)n1c2cccc1=O. The first kappa shape index (κ1) is 19.0. The second kappa shape index (κ2) is 7.57. The minimum Gasteiger partial charge on any atom is -0.348 e. The molecule has 0 aliphatic carbocycles. The van der Waals surface area contributed by atoms with Gasteiger partial charge in [-0.2, -0.15) is 0 Å². The van der Waals surface area contributed by atoms with E-state index in [1.807, 2.05) is 22.5 Å². The van der Waals surface area contributed by atoms with Crippen molar-refractivity contribution >= 4 is 5.91 Å². The maximum Gasteiger partial charge on any atom is 0.250 e. The van der Waals surface area contributed by atoms with Crippen LogP contribution in [-0.2, 0) is 11.2 Å². The van der Waals surface area contributed by atoms with E-state index in [1.54, 1.807) is 12.4 Å². The highest BCUT2D eigenvalue weighted by molar-refractivity contribution is 5.78. The van der Waals surface area contributed by atoms with Crippen LogP contribution >= 0.6 is 0 Å². The fourth-order valence-electron chi connectivity index (χ4n) is 4.94. The fourth-order valence-corrected chi connectivity index (χ4v) is 4.94. The fraction of sp³-hybridized carbons (Fsp3) is 0.591. The van der Waals surface area contributed by atoms with Crippen LogP contribution < -0.4 is 5.56 Å². The molecule has 2 aliphatic heterocycles. The smallest absolute Gasteiger partial charge is 0.250 e.